The Hall–Kier alpha value is -0.107. The predicted molar refractivity (Wildman–Crippen MR) is 36.1 cm³/mol. The molecule has 0 bridgehead atoms. The van der Waals surface area contributed by atoms with Crippen molar-refractivity contribution >= 4 is 6.47 Å². The SMILES string of the molecule is O=C[OH2+].[NH2-].[NH2-].[NH2-].[NH2-].[NH2-].[Ru+8]. The minimum Gasteiger partial charge on any atom is -0.693 e. The molecule has 0 radical (unpaired) electrons. The molecule has 0 saturated heterocycles. The van der Waals surface area contributed by atoms with Gasteiger partial charge in [0.15, 0.2) is 0 Å². The van der Waals surface area contributed by atoms with Crippen molar-refractivity contribution in [2.75, 3.05) is 0 Å². The molecule has 0 aliphatic rings. The first-order valence-electron chi connectivity index (χ1n) is 0.524. The van der Waals surface area contributed by atoms with E-state index >= 15 is 0 Å². The van der Waals surface area contributed by atoms with Gasteiger partial charge in [-0.05, 0) is 0 Å². The summed E-state index contributed by atoms with van der Waals surface area (Å²) in [7, 11) is 0. The Labute approximate surface area is 67.3 Å². The summed E-state index contributed by atoms with van der Waals surface area (Å²) in [5.41, 5.74) is 0. The second kappa shape index (κ2) is 470. The zero-order valence-corrected chi connectivity index (χ0v) is 6.46. The third-order valence-corrected chi connectivity index (χ3v) is 0. The summed E-state index contributed by atoms with van der Waals surface area (Å²) in [6.45, 7) is 0. The predicted octanol–water partition coefficient (Wildman–Crippen LogP) is 2.45. The fourth-order valence-electron chi connectivity index (χ4n) is 0. The van der Waals surface area contributed by atoms with Gasteiger partial charge in [-0.2, -0.15) is 0 Å². The zero-order chi connectivity index (χ0) is 2.71. The molecule has 12 N–H and O–H groups in total. The van der Waals surface area contributed by atoms with Crippen molar-refractivity contribution in [1.82, 2.24) is 0 Å². The van der Waals surface area contributed by atoms with Gasteiger partial charge < -0.3 is 35.9 Å². The van der Waals surface area contributed by atoms with Crippen LogP contribution in [0.2, 0.25) is 0 Å². The zero-order valence-electron chi connectivity index (χ0n) is 4.73. The Morgan fingerprint density at radius 1 is 0.889 bits per heavy atom. The van der Waals surface area contributed by atoms with Gasteiger partial charge in [0.05, 0.1) is 0 Å². The third-order valence-electron chi connectivity index (χ3n) is 0. The molecule has 58 valence electrons. The van der Waals surface area contributed by atoms with E-state index in [0.29, 0.717) is 0 Å². The van der Waals surface area contributed by atoms with Gasteiger partial charge in [-0.1, -0.05) is 0 Å². The van der Waals surface area contributed by atoms with E-state index in [1.807, 2.05) is 0 Å². The van der Waals surface area contributed by atoms with Crippen molar-refractivity contribution in [2.45, 2.75) is 0 Å². The van der Waals surface area contributed by atoms with Crippen LogP contribution in [0.15, 0.2) is 0 Å². The van der Waals surface area contributed by atoms with E-state index < -0.39 is 0 Å². The number of nitrogens with two attached hydrogens (primary N) is 5. The van der Waals surface area contributed by atoms with Crippen molar-refractivity contribution in [3.05, 3.63) is 30.8 Å². The molecule has 0 unspecified atom stereocenters. The molecule has 0 aromatic rings. The molecule has 9 heavy (non-hydrogen) atoms. The summed E-state index contributed by atoms with van der Waals surface area (Å²) in [6.07, 6.45) is 0. The van der Waals surface area contributed by atoms with Crippen LogP contribution in [0.3, 0.4) is 0 Å². The summed E-state index contributed by atoms with van der Waals surface area (Å²) < 4.78 is 0. The number of carbonyl (C=O) groups is 1. The van der Waals surface area contributed by atoms with Crippen molar-refractivity contribution in [1.29, 1.82) is 0 Å². The van der Waals surface area contributed by atoms with E-state index in [1.165, 1.54) is 0 Å². The van der Waals surface area contributed by atoms with Crippen LogP contribution in [0, 0.1) is 0 Å². The molecule has 0 rings (SSSR count). The van der Waals surface area contributed by atoms with Crippen LogP contribution in [0.5, 0.6) is 0 Å². The van der Waals surface area contributed by atoms with Gasteiger partial charge in [0.25, 0.3) is 0 Å². The van der Waals surface area contributed by atoms with Crippen LogP contribution < -0.4 is 0 Å². The van der Waals surface area contributed by atoms with Crippen molar-refractivity contribution in [3.8, 4) is 0 Å². The minimum absolute atomic E-state index is 0. The molecule has 0 aromatic heterocycles. The maximum Gasteiger partial charge on any atom is 8.00 e. The van der Waals surface area contributed by atoms with E-state index in [-0.39, 0.29) is 56.7 Å². The van der Waals surface area contributed by atoms with E-state index in [0.717, 1.165) is 0 Å². The quantitative estimate of drug-likeness (QED) is 0.341. The molecule has 0 heterocycles. The average molecular weight is 228 g/mol. The molecule has 0 amide bonds. The number of hydrogen-bond acceptors (Lipinski definition) is 1. The fraction of sp³-hybridized carbons (Fsp3) is 0. The van der Waals surface area contributed by atoms with Crippen LogP contribution >= 0.6 is 0 Å². The number of rotatable bonds is 0. The maximum atomic E-state index is 8.47. The third kappa shape index (κ3) is 24100. The summed E-state index contributed by atoms with van der Waals surface area (Å²) >= 11 is 0. The van der Waals surface area contributed by atoms with Crippen molar-refractivity contribution < 1.29 is 29.4 Å². The van der Waals surface area contributed by atoms with E-state index in [4.69, 9.17) is 9.90 Å². The Morgan fingerprint density at radius 3 is 0.889 bits per heavy atom. The Bertz CT molecular complexity index is 22.4. The van der Waals surface area contributed by atoms with Crippen molar-refractivity contribution in [2.24, 2.45) is 0 Å². The standard InChI is InChI=1S/CH2O2.5H2N.Ru/c2-1-3;;;;;;/h1H,(H,2,3);5*1H2;/q;5*-1;+8/p+1. The first kappa shape index (κ1) is 155. The van der Waals surface area contributed by atoms with Crippen LogP contribution in [0.1, 0.15) is 0 Å². The van der Waals surface area contributed by atoms with Gasteiger partial charge in [-0.25, -0.2) is 0 Å². The summed E-state index contributed by atoms with van der Waals surface area (Å²) in [5, 5.41) is 5.53. The molecule has 0 aliphatic heterocycles. The second-order valence-electron chi connectivity index (χ2n) is 0.118. The van der Waals surface area contributed by atoms with Crippen LogP contribution in [0.25, 0.3) is 30.8 Å². The molecule has 0 aliphatic carbocycles. The van der Waals surface area contributed by atoms with Gasteiger partial charge in [-0.3, -0.25) is 0 Å². The van der Waals surface area contributed by atoms with E-state index in [2.05, 4.69) is 0 Å². The van der Waals surface area contributed by atoms with Crippen molar-refractivity contribution in [3.63, 3.8) is 0 Å². The normalized spacial score (nSPS) is 1.33. The smallest absolute Gasteiger partial charge is 0.693 e. The topological polar surface area (TPSA) is 207 Å². The molecule has 0 aromatic carbocycles. The molecule has 0 atom stereocenters. The average Bonchev–Trinajstić information content (AvgIpc) is 0.918. The summed E-state index contributed by atoms with van der Waals surface area (Å²) in [4.78, 5) is 8.47. The molecular formula is CH13N5O2Ru+4. The van der Waals surface area contributed by atoms with Gasteiger partial charge in [0.1, 0.15) is 0 Å². The summed E-state index contributed by atoms with van der Waals surface area (Å²) in [5.74, 6) is 0. The molecular weight excluding hydrogens is 215 g/mol. The number of carbonyl (C=O) groups excluding carboxylic acids is 1. The Kier molecular flexibility index (Phi) is 8070. The van der Waals surface area contributed by atoms with Crippen LogP contribution in [0.4, 0.5) is 0 Å². The number of hydrogen-bond donors (Lipinski definition) is 0. The molecule has 0 spiro atoms. The first-order chi connectivity index (χ1) is 1.41. The Balaban J connectivity index is -0.00000000133. The largest absolute Gasteiger partial charge is 8.00 e. The maximum absolute atomic E-state index is 8.47. The van der Waals surface area contributed by atoms with Crippen LogP contribution in [-0.2, 0) is 24.3 Å². The Morgan fingerprint density at radius 2 is 0.889 bits per heavy atom. The molecule has 0 fully saturated rings. The molecule has 8 heteroatoms. The molecule has 0 saturated carbocycles. The van der Waals surface area contributed by atoms with E-state index in [1.54, 1.807) is 0 Å². The first-order valence-corrected chi connectivity index (χ1v) is 0.524. The molecule has 7 nitrogen and oxygen atoms in total. The van der Waals surface area contributed by atoms with E-state index in [9.17, 15) is 0 Å². The summed E-state index contributed by atoms with van der Waals surface area (Å²) in [6, 6.07) is 0. The monoisotopic (exact) mass is 229 g/mol. The van der Waals surface area contributed by atoms with Gasteiger partial charge in [0.2, 0.25) is 0 Å². The fourth-order valence-corrected chi connectivity index (χ4v) is 0. The minimum atomic E-state index is 0. The van der Waals surface area contributed by atoms with Gasteiger partial charge in [0, 0.05) is 4.79 Å². The van der Waals surface area contributed by atoms with Gasteiger partial charge >= 0.3 is 26.0 Å². The van der Waals surface area contributed by atoms with Gasteiger partial charge in [-0.15, -0.1) is 0 Å². The second-order valence-corrected chi connectivity index (χ2v) is 0.118. The van der Waals surface area contributed by atoms with Crippen LogP contribution in [-0.4, -0.2) is 11.6 Å².